The second-order valence-electron chi connectivity index (χ2n) is 10.2. The monoisotopic (exact) mass is 498 g/mol. The van der Waals surface area contributed by atoms with Gasteiger partial charge in [0.15, 0.2) is 0 Å². The van der Waals surface area contributed by atoms with Gasteiger partial charge in [0.05, 0.1) is 0 Å². The second kappa shape index (κ2) is 12.0. The number of hydrogen-bond donors (Lipinski definition) is 0. The molecule has 2 saturated carbocycles. The molecule has 0 saturated heterocycles. The lowest BCUT2D eigenvalue weighted by Gasteiger charge is -2.34. The Labute approximate surface area is 220 Å². The van der Waals surface area contributed by atoms with Crippen molar-refractivity contribution in [2.45, 2.75) is 57.9 Å². The lowest BCUT2D eigenvalue weighted by Crippen LogP contribution is -2.40. The molecule has 0 radical (unpaired) electrons. The van der Waals surface area contributed by atoms with Gasteiger partial charge in [-0.1, -0.05) is 55.0 Å². The number of nitrogens with zero attached hydrogens (tertiary/aromatic N) is 2. The predicted molar refractivity (Wildman–Crippen MR) is 149 cm³/mol. The summed E-state index contributed by atoms with van der Waals surface area (Å²) >= 11 is 5.99. The lowest BCUT2D eigenvalue weighted by molar-refractivity contribution is 0.125. The molecule has 2 aromatic carbocycles. The second-order valence-corrected chi connectivity index (χ2v) is 10.7. The van der Waals surface area contributed by atoms with Crippen LogP contribution in [0.25, 0.3) is 11.1 Å². The Kier molecular flexibility index (Phi) is 8.26. The van der Waals surface area contributed by atoms with Crippen LogP contribution in [0.2, 0.25) is 5.02 Å². The van der Waals surface area contributed by atoms with Gasteiger partial charge in [0.2, 0.25) is 0 Å². The average molecular weight is 499 g/mol. The summed E-state index contributed by atoms with van der Waals surface area (Å²) in [6.45, 7) is 5.14. The van der Waals surface area contributed by atoms with Gasteiger partial charge in [-0.3, -0.25) is 4.90 Å². The molecular formula is C32H35ClN2O. The zero-order chi connectivity index (χ0) is 24.7. The molecule has 0 atom stereocenters. The fourth-order valence-electron chi connectivity index (χ4n) is 5.08. The van der Waals surface area contributed by atoms with Gasteiger partial charge in [-0.2, -0.15) is 0 Å². The summed E-state index contributed by atoms with van der Waals surface area (Å²) in [5.41, 5.74) is 4.99. The van der Waals surface area contributed by atoms with Crippen molar-refractivity contribution in [2.75, 3.05) is 19.7 Å². The smallest absolute Gasteiger partial charge is 0.122 e. The van der Waals surface area contributed by atoms with Crippen LogP contribution in [-0.2, 0) is 0 Å². The SMILES string of the molecule is Cc1cc(C#Cc2ccc(-c3ccc(Cl)cc3)cn2)ccc1OCCN(CC1CC1)C1CCCCC1. The summed E-state index contributed by atoms with van der Waals surface area (Å²) in [7, 11) is 0. The molecular weight excluding hydrogens is 464 g/mol. The summed E-state index contributed by atoms with van der Waals surface area (Å²) in [6.07, 6.45) is 11.6. The standard InChI is InChI=1S/C32H35ClN2O/c1-24-21-25(9-16-30-17-13-28(22-34-30)27-11-14-29(33)15-12-27)10-18-32(24)36-20-19-35(23-26-7-8-26)31-5-3-2-4-6-31/h10-15,17-18,21-22,26,31H,2-8,19-20,23H2,1H3. The Balaban J connectivity index is 1.16. The van der Waals surface area contributed by atoms with Crippen LogP contribution in [-0.4, -0.2) is 35.6 Å². The van der Waals surface area contributed by atoms with Gasteiger partial charge in [-0.05, 0) is 92.0 Å². The van der Waals surface area contributed by atoms with Crippen LogP contribution in [0.1, 0.15) is 61.8 Å². The highest BCUT2D eigenvalue weighted by Gasteiger charge is 2.28. The Morgan fingerprint density at radius 3 is 2.39 bits per heavy atom. The number of benzene rings is 2. The van der Waals surface area contributed by atoms with E-state index >= 15 is 0 Å². The first-order valence-corrected chi connectivity index (χ1v) is 13.7. The Hall–Kier alpha value is -2.80. The number of ether oxygens (including phenoxy) is 1. The number of aryl methyl sites for hydroxylation is 1. The van der Waals surface area contributed by atoms with Gasteiger partial charge < -0.3 is 4.74 Å². The maximum atomic E-state index is 6.23. The first-order chi connectivity index (χ1) is 17.6. The molecule has 1 aromatic heterocycles. The largest absolute Gasteiger partial charge is 0.492 e. The third kappa shape index (κ3) is 6.90. The van der Waals surface area contributed by atoms with Gasteiger partial charge in [-0.15, -0.1) is 0 Å². The highest BCUT2D eigenvalue weighted by atomic mass is 35.5. The van der Waals surface area contributed by atoms with Crippen molar-refractivity contribution in [3.63, 3.8) is 0 Å². The summed E-state index contributed by atoms with van der Waals surface area (Å²) in [6, 6.07) is 18.7. The van der Waals surface area contributed by atoms with Gasteiger partial charge in [0, 0.05) is 41.5 Å². The molecule has 0 unspecified atom stereocenters. The van der Waals surface area contributed by atoms with Crippen molar-refractivity contribution in [1.29, 1.82) is 0 Å². The van der Waals surface area contributed by atoms with Crippen LogP contribution in [0.3, 0.4) is 0 Å². The number of halogens is 1. The van der Waals surface area contributed by atoms with E-state index in [-0.39, 0.29) is 0 Å². The molecule has 0 spiro atoms. The molecule has 3 nitrogen and oxygen atoms in total. The van der Waals surface area contributed by atoms with Crippen LogP contribution < -0.4 is 4.74 Å². The number of rotatable bonds is 8. The quantitative estimate of drug-likeness (QED) is 0.300. The third-order valence-electron chi connectivity index (χ3n) is 7.37. The van der Waals surface area contributed by atoms with Gasteiger partial charge in [0.1, 0.15) is 18.1 Å². The summed E-state index contributed by atoms with van der Waals surface area (Å²) in [5.74, 6) is 8.32. The van der Waals surface area contributed by atoms with E-state index in [0.717, 1.165) is 63.8 Å². The van der Waals surface area contributed by atoms with Crippen molar-refractivity contribution >= 4 is 11.6 Å². The predicted octanol–water partition coefficient (Wildman–Crippen LogP) is 7.53. The fraction of sp³-hybridized carbons (Fsp3) is 0.406. The molecule has 186 valence electrons. The topological polar surface area (TPSA) is 25.4 Å². The van der Waals surface area contributed by atoms with E-state index in [1.165, 1.54) is 51.5 Å². The Morgan fingerprint density at radius 1 is 0.917 bits per heavy atom. The molecule has 0 amide bonds. The van der Waals surface area contributed by atoms with Crippen molar-refractivity contribution in [3.8, 4) is 28.7 Å². The van der Waals surface area contributed by atoms with Crippen LogP contribution in [0.15, 0.2) is 60.8 Å². The van der Waals surface area contributed by atoms with Crippen molar-refractivity contribution in [2.24, 2.45) is 5.92 Å². The zero-order valence-electron chi connectivity index (χ0n) is 21.2. The highest BCUT2D eigenvalue weighted by molar-refractivity contribution is 6.30. The molecule has 3 aromatic rings. The summed E-state index contributed by atoms with van der Waals surface area (Å²) < 4.78 is 6.23. The average Bonchev–Trinajstić information content (AvgIpc) is 3.73. The molecule has 0 bridgehead atoms. The van der Waals surface area contributed by atoms with Gasteiger partial charge in [-0.25, -0.2) is 4.98 Å². The molecule has 4 heteroatoms. The molecule has 1 heterocycles. The lowest BCUT2D eigenvalue weighted by atomic mass is 9.94. The van der Waals surface area contributed by atoms with E-state index in [9.17, 15) is 0 Å². The van der Waals surface area contributed by atoms with E-state index < -0.39 is 0 Å². The third-order valence-corrected chi connectivity index (χ3v) is 7.62. The normalized spacial score (nSPS) is 16.0. The maximum absolute atomic E-state index is 6.23. The summed E-state index contributed by atoms with van der Waals surface area (Å²) in [5, 5.41) is 0.732. The maximum Gasteiger partial charge on any atom is 0.122 e. The van der Waals surface area contributed by atoms with E-state index in [0.29, 0.717) is 0 Å². The summed E-state index contributed by atoms with van der Waals surface area (Å²) in [4.78, 5) is 7.24. The van der Waals surface area contributed by atoms with E-state index in [1.54, 1.807) is 0 Å². The minimum Gasteiger partial charge on any atom is -0.492 e. The Bertz CT molecular complexity index is 1200. The minimum atomic E-state index is 0.732. The highest BCUT2D eigenvalue weighted by Crippen LogP contribution is 2.32. The fourth-order valence-corrected chi connectivity index (χ4v) is 5.21. The molecule has 0 N–H and O–H groups in total. The molecule has 2 aliphatic carbocycles. The van der Waals surface area contributed by atoms with Crippen molar-refractivity contribution < 1.29 is 4.74 Å². The van der Waals surface area contributed by atoms with E-state index in [2.05, 4.69) is 40.8 Å². The van der Waals surface area contributed by atoms with Gasteiger partial charge >= 0.3 is 0 Å². The van der Waals surface area contributed by atoms with Crippen molar-refractivity contribution in [1.82, 2.24) is 9.88 Å². The first kappa shape index (κ1) is 24.9. The molecule has 2 aliphatic rings. The van der Waals surface area contributed by atoms with Crippen LogP contribution >= 0.6 is 11.6 Å². The minimum absolute atomic E-state index is 0.732. The number of pyridine rings is 1. The first-order valence-electron chi connectivity index (χ1n) is 13.4. The van der Waals surface area contributed by atoms with Gasteiger partial charge in [0.25, 0.3) is 0 Å². The molecule has 0 aliphatic heterocycles. The zero-order valence-corrected chi connectivity index (χ0v) is 21.9. The van der Waals surface area contributed by atoms with Crippen molar-refractivity contribution in [3.05, 3.63) is 82.6 Å². The molecule has 36 heavy (non-hydrogen) atoms. The number of hydrogen-bond acceptors (Lipinski definition) is 3. The van der Waals surface area contributed by atoms with Crippen LogP contribution in [0.5, 0.6) is 5.75 Å². The van der Waals surface area contributed by atoms with Crippen LogP contribution in [0.4, 0.5) is 0 Å². The Morgan fingerprint density at radius 2 is 1.69 bits per heavy atom. The number of aromatic nitrogens is 1. The van der Waals surface area contributed by atoms with E-state index in [4.69, 9.17) is 16.3 Å². The molecule has 5 rings (SSSR count). The van der Waals surface area contributed by atoms with E-state index in [1.807, 2.05) is 48.7 Å². The van der Waals surface area contributed by atoms with Crippen LogP contribution in [0, 0.1) is 24.7 Å². The molecule has 2 fully saturated rings.